The van der Waals surface area contributed by atoms with Crippen LogP contribution in [0, 0.1) is 5.82 Å². The van der Waals surface area contributed by atoms with Crippen LogP contribution in [0.3, 0.4) is 0 Å². The zero-order chi connectivity index (χ0) is 29.2. The summed E-state index contributed by atoms with van der Waals surface area (Å²) < 4.78 is 65.1. The zero-order valence-corrected chi connectivity index (χ0v) is 21.3. The maximum atomic E-state index is 15.5. The van der Waals surface area contributed by atoms with Crippen molar-refractivity contribution in [3.63, 3.8) is 0 Å². The molecule has 41 heavy (non-hydrogen) atoms. The monoisotopic (exact) mass is 569 g/mol. The number of halogens is 4. The van der Waals surface area contributed by atoms with E-state index in [1.807, 2.05) is 19.0 Å². The fraction of sp³-hybridized carbons (Fsp3) is 0.160. The van der Waals surface area contributed by atoms with Crippen molar-refractivity contribution in [1.29, 1.82) is 0 Å². The lowest BCUT2D eigenvalue weighted by Gasteiger charge is -2.13. The summed E-state index contributed by atoms with van der Waals surface area (Å²) in [5.41, 5.74) is 0.390. The van der Waals surface area contributed by atoms with E-state index in [0.29, 0.717) is 27.3 Å². The van der Waals surface area contributed by atoms with Crippen molar-refractivity contribution < 1.29 is 22.1 Å². The van der Waals surface area contributed by atoms with Gasteiger partial charge in [-0.1, -0.05) is 5.16 Å². The predicted octanol–water partition coefficient (Wildman–Crippen LogP) is 2.99. The molecule has 0 radical (unpaired) electrons. The molecule has 0 fully saturated rings. The van der Waals surface area contributed by atoms with Crippen LogP contribution in [0.2, 0.25) is 0 Å². The molecular weight excluding hydrogens is 550 g/mol. The molecule has 0 aliphatic heterocycles. The Bertz CT molecular complexity index is 2080. The lowest BCUT2D eigenvalue weighted by atomic mass is 10.2. The minimum Gasteiger partial charge on any atom is -0.380 e. The summed E-state index contributed by atoms with van der Waals surface area (Å²) in [6.07, 6.45) is -1.88. The van der Waals surface area contributed by atoms with E-state index >= 15 is 4.39 Å². The standard InChI is InChI=1S/C25H19F4N9O3/c1-35(2)11-18-31-7-8-36(18)12-3-5-16(15(26)10-12)37-23(39)20-19(32-24(37)40)21(25(27,28)29)33-38(20)13-4-6-17-14(9-13)22(30)34-41-17/h3-10H,11H2,1-2H3,(H2,30,34)(H,32,40). The molecule has 0 amide bonds. The van der Waals surface area contributed by atoms with E-state index in [1.54, 1.807) is 10.8 Å². The summed E-state index contributed by atoms with van der Waals surface area (Å²) in [6.45, 7) is 0.448. The van der Waals surface area contributed by atoms with Crippen molar-refractivity contribution in [2.45, 2.75) is 12.7 Å². The molecule has 210 valence electrons. The average Bonchev–Trinajstić information content (AvgIpc) is 3.61. The van der Waals surface area contributed by atoms with Gasteiger partial charge in [-0.25, -0.2) is 23.4 Å². The molecule has 0 spiro atoms. The number of imidazole rings is 1. The van der Waals surface area contributed by atoms with Gasteiger partial charge in [0.25, 0.3) is 5.56 Å². The molecule has 0 saturated carbocycles. The van der Waals surface area contributed by atoms with Crippen LogP contribution in [0.5, 0.6) is 0 Å². The van der Waals surface area contributed by atoms with Crippen LogP contribution in [0.1, 0.15) is 11.5 Å². The van der Waals surface area contributed by atoms with E-state index in [0.717, 1.165) is 6.07 Å². The second kappa shape index (κ2) is 9.16. The summed E-state index contributed by atoms with van der Waals surface area (Å²) >= 11 is 0. The molecule has 6 aromatic rings. The fourth-order valence-corrected chi connectivity index (χ4v) is 4.57. The number of alkyl halides is 3. The summed E-state index contributed by atoms with van der Waals surface area (Å²) in [5, 5.41) is 7.47. The van der Waals surface area contributed by atoms with E-state index in [2.05, 4.69) is 20.2 Å². The van der Waals surface area contributed by atoms with Gasteiger partial charge in [-0.05, 0) is 44.4 Å². The molecule has 0 aliphatic rings. The van der Waals surface area contributed by atoms with E-state index in [9.17, 15) is 22.8 Å². The van der Waals surface area contributed by atoms with Gasteiger partial charge in [0, 0.05) is 24.1 Å². The molecule has 0 bridgehead atoms. The quantitative estimate of drug-likeness (QED) is 0.302. The van der Waals surface area contributed by atoms with E-state index in [4.69, 9.17) is 10.3 Å². The van der Waals surface area contributed by atoms with Gasteiger partial charge in [0.1, 0.15) is 17.2 Å². The van der Waals surface area contributed by atoms with Gasteiger partial charge in [0.2, 0.25) is 0 Å². The highest BCUT2D eigenvalue weighted by Crippen LogP contribution is 2.34. The third-order valence-corrected chi connectivity index (χ3v) is 6.35. The average molecular weight is 569 g/mol. The first-order valence-corrected chi connectivity index (χ1v) is 11.9. The van der Waals surface area contributed by atoms with Crippen molar-refractivity contribution >= 4 is 27.8 Å². The number of aromatic nitrogens is 7. The molecule has 2 aromatic carbocycles. The predicted molar refractivity (Wildman–Crippen MR) is 139 cm³/mol. The number of nitrogens with zero attached hydrogens (tertiary/aromatic N) is 7. The minimum absolute atomic E-state index is 0.00653. The van der Waals surface area contributed by atoms with Gasteiger partial charge in [-0.15, -0.1) is 0 Å². The fourth-order valence-electron chi connectivity index (χ4n) is 4.57. The minimum atomic E-state index is -5.03. The topological polar surface area (TPSA) is 146 Å². The van der Waals surface area contributed by atoms with Crippen molar-refractivity contribution in [3.8, 4) is 17.1 Å². The third-order valence-electron chi connectivity index (χ3n) is 6.35. The Labute approximate surface area is 225 Å². The Hall–Kier alpha value is -5.25. The molecule has 3 N–H and O–H groups in total. The number of nitrogen functional groups attached to an aromatic ring is 1. The van der Waals surface area contributed by atoms with Gasteiger partial charge in [0.05, 0.1) is 23.3 Å². The Morgan fingerprint density at radius 2 is 1.85 bits per heavy atom. The molecule has 0 saturated heterocycles. The Kier molecular flexibility index (Phi) is 5.81. The summed E-state index contributed by atoms with van der Waals surface area (Å²) in [5.74, 6) is -0.402. The number of rotatable bonds is 5. The summed E-state index contributed by atoms with van der Waals surface area (Å²) in [7, 11) is 3.68. The van der Waals surface area contributed by atoms with Crippen LogP contribution in [-0.2, 0) is 12.7 Å². The van der Waals surface area contributed by atoms with Gasteiger partial charge in [-0.2, -0.15) is 18.3 Å². The van der Waals surface area contributed by atoms with E-state index < -0.39 is 45.7 Å². The molecular formula is C25H19F4N9O3. The molecule has 16 heteroatoms. The van der Waals surface area contributed by atoms with Crippen LogP contribution in [0.25, 0.3) is 39.1 Å². The first-order chi connectivity index (χ1) is 19.4. The number of aromatic amines is 1. The maximum absolute atomic E-state index is 15.5. The molecule has 4 heterocycles. The SMILES string of the molecule is CN(C)Cc1nccn1-c1ccc(-n2c(=O)[nH]c3c(C(F)(F)F)nn(-c4ccc5onc(N)c5c4)c3c2=O)c(F)c1. The normalized spacial score (nSPS) is 12.3. The van der Waals surface area contributed by atoms with Crippen molar-refractivity contribution in [2.75, 3.05) is 19.8 Å². The van der Waals surface area contributed by atoms with Crippen LogP contribution in [0.4, 0.5) is 23.4 Å². The maximum Gasteiger partial charge on any atom is 0.437 e. The number of hydrogen-bond acceptors (Lipinski definition) is 8. The summed E-state index contributed by atoms with van der Waals surface area (Å²) in [6, 6.07) is 7.78. The number of hydrogen-bond donors (Lipinski definition) is 2. The van der Waals surface area contributed by atoms with Gasteiger partial charge >= 0.3 is 11.9 Å². The van der Waals surface area contributed by atoms with Gasteiger partial charge in [-0.3, -0.25) is 4.79 Å². The number of nitrogens with one attached hydrogen (secondary N) is 1. The summed E-state index contributed by atoms with van der Waals surface area (Å²) in [4.78, 5) is 34.9. The number of anilines is 1. The highest BCUT2D eigenvalue weighted by atomic mass is 19.4. The lowest BCUT2D eigenvalue weighted by molar-refractivity contribution is -0.140. The van der Waals surface area contributed by atoms with Crippen molar-refractivity contribution in [2.24, 2.45) is 0 Å². The molecule has 0 unspecified atom stereocenters. The Morgan fingerprint density at radius 3 is 2.56 bits per heavy atom. The smallest absolute Gasteiger partial charge is 0.380 e. The van der Waals surface area contributed by atoms with Crippen LogP contribution >= 0.6 is 0 Å². The zero-order valence-electron chi connectivity index (χ0n) is 21.3. The molecule has 6 rings (SSSR count). The number of H-pyrrole nitrogens is 1. The van der Waals surface area contributed by atoms with E-state index in [-0.39, 0.29) is 22.5 Å². The second-order valence-electron chi connectivity index (χ2n) is 9.39. The van der Waals surface area contributed by atoms with E-state index in [1.165, 1.54) is 36.5 Å². The number of benzene rings is 2. The van der Waals surface area contributed by atoms with Gasteiger partial charge in [0.15, 0.2) is 22.6 Å². The number of fused-ring (bicyclic) bond motifs is 2. The first-order valence-electron chi connectivity index (χ1n) is 11.9. The van der Waals surface area contributed by atoms with Gasteiger partial charge < -0.3 is 24.7 Å². The number of nitrogens with two attached hydrogens (primary N) is 1. The van der Waals surface area contributed by atoms with Crippen molar-refractivity contribution in [1.82, 2.24) is 38.9 Å². The molecule has 4 aromatic heterocycles. The second-order valence-corrected chi connectivity index (χ2v) is 9.39. The Morgan fingerprint density at radius 1 is 1.10 bits per heavy atom. The largest absolute Gasteiger partial charge is 0.437 e. The van der Waals surface area contributed by atoms with Crippen molar-refractivity contribution in [3.05, 3.63) is 87.0 Å². The van der Waals surface area contributed by atoms with Crippen LogP contribution in [-0.4, -0.2) is 53.0 Å². The highest BCUT2D eigenvalue weighted by molar-refractivity contribution is 5.89. The Balaban J connectivity index is 1.57. The lowest BCUT2D eigenvalue weighted by Crippen LogP contribution is -2.35. The molecule has 0 aliphatic carbocycles. The highest BCUT2D eigenvalue weighted by Gasteiger charge is 2.39. The molecule has 12 nitrogen and oxygen atoms in total. The van der Waals surface area contributed by atoms with Crippen LogP contribution < -0.4 is 17.0 Å². The molecule has 0 atom stereocenters. The first kappa shape index (κ1) is 26.0. The third kappa shape index (κ3) is 4.24. The van der Waals surface area contributed by atoms with Crippen LogP contribution in [0.15, 0.2) is 62.9 Å².